The van der Waals surface area contributed by atoms with Gasteiger partial charge in [-0.1, -0.05) is 23.4 Å². The van der Waals surface area contributed by atoms with Crippen LogP contribution < -0.4 is 11.1 Å². The minimum atomic E-state index is 0.128. The van der Waals surface area contributed by atoms with Crippen LogP contribution in [0.4, 0.5) is 0 Å². The lowest BCUT2D eigenvalue weighted by molar-refractivity contribution is 0.318. The van der Waals surface area contributed by atoms with Gasteiger partial charge >= 0.3 is 0 Å². The molecule has 0 bridgehead atoms. The fraction of sp³-hybridized carbons (Fsp3) is 0.250. The predicted molar refractivity (Wildman–Crippen MR) is 83.2 cm³/mol. The van der Waals surface area contributed by atoms with Gasteiger partial charge in [0.2, 0.25) is 0 Å². The molecule has 0 spiro atoms. The van der Waals surface area contributed by atoms with Gasteiger partial charge in [-0.2, -0.15) is 0 Å². The van der Waals surface area contributed by atoms with Gasteiger partial charge in [0.15, 0.2) is 5.84 Å². The van der Waals surface area contributed by atoms with Gasteiger partial charge in [0.1, 0.15) is 0 Å². The molecular formula is C16H20N4O. The summed E-state index contributed by atoms with van der Waals surface area (Å²) >= 11 is 0. The third kappa shape index (κ3) is 4.03. The number of benzene rings is 1. The summed E-state index contributed by atoms with van der Waals surface area (Å²) in [5.74, 6) is 0.128. The molecule has 21 heavy (non-hydrogen) atoms. The summed E-state index contributed by atoms with van der Waals surface area (Å²) in [5.41, 5.74) is 10.8. The first-order valence-corrected chi connectivity index (χ1v) is 6.80. The van der Waals surface area contributed by atoms with E-state index in [1.54, 1.807) is 0 Å². The van der Waals surface area contributed by atoms with Crippen molar-refractivity contribution in [1.29, 1.82) is 0 Å². The number of amidine groups is 1. The number of oxime groups is 1. The average molecular weight is 284 g/mol. The van der Waals surface area contributed by atoms with Crippen LogP contribution in [0, 0.1) is 13.8 Å². The molecule has 0 saturated carbocycles. The summed E-state index contributed by atoms with van der Waals surface area (Å²) in [6, 6.07) is 9.84. The molecule has 1 aromatic carbocycles. The Morgan fingerprint density at radius 2 is 2.05 bits per heavy atom. The number of aromatic nitrogens is 1. The van der Waals surface area contributed by atoms with Crippen molar-refractivity contribution in [3.63, 3.8) is 0 Å². The lowest BCUT2D eigenvalue weighted by Crippen LogP contribution is -2.16. The number of nitrogens with zero attached hydrogens (tertiary/aromatic N) is 2. The number of pyridine rings is 1. The Hall–Kier alpha value is -2.40. The lowest BCUT2D eigenvalue weighted by atomic mass is 10.0. The third-order valence-electron chi connectivity index (χ3n) is 3.36. The summed E-state index contributed by atoms with van der Waals surface area (Å²) < 4.78 is 0. The molecule has 2 rings (SSSR count). The first kappa shape index (κ1) is 15.0. The maximum absolute atomic E-state index is 8.68. The van der Waals surface area contributed by atoms with Gasteiger partial charge in [-0.15, -0.1) is 0 Å². The molecule has 0 aliphatic rings. The molecule has 0 unspecified atom stereocenters. The first-order valence-electron chi connectivity index (χ1n) is 6.80. The molecule has 5 heteroatoms. The monoisotopic (exact) mass is 284 g/mol. The highest BCUT2D eigenvalue weighted by Gasteiger charge is 2.03. The normalized spacial score (nSPS) is 11.6. The second kappa shape index (κ2) is 6.85. The van der Waals surface area contributed by atoms with Crippen LogP contribution >= 0.6 is 0 Å². The molecule has 0 aliphatic carbocycles. The van der Waals surface area contributed by atoms with Gasteiger partial charge in [-0.25, -0.2) is 0 Å². The van der Waals surface area contributed by atoms with Crippen LogP contribution in [0.2, 0.25) is 0 Å². The second-order valence-corrected chi connectivity index (χ2v) is 5.04. The quantitative estimate of drug-likeness (QED) is 0.340. The van der Waals surface area contributed by atoms with E-state index in [0.717, 1.165) is 35.5 Å². The highest BCUT2D eigenvalue weighted by atomic mass is 16.4. The van der Waals surface area contributed by atoms with E-state index in [1.807, 2.05) is 44.3 Å². The molecule has 0 aliphatic heterocycles. The van der Waals surface area contributed by atoms with Gasteiger partial charge in [0.25, 0.3) is 0 Å². The van der Waals surface area contributed by atoms with Crippen LogP contribution in [0.1, 0.15) is 27.9 Å². The zero-order chi connectivity index (χ0) is 15.2. The molecule has 2 aromatic rings. The molecular weight excluding hydrogens is 264 g/mol. The maximum atomic E-state index is 8.68. The van der Waals surface area contributed by atoms with Gasteiger partial charge in [0.05, 0.1) is 0 Å². The van der Waals surface area contributed by atoms with Crippen LogP contribution in [0.25, 0.3) is 0 Å². The lowest BCUT2D eigenvalue weighted by Gasteiger charge is -2.09. The van der Waals surface area contributed by atoms with E-state index in [0.29, 0.717) is 0 Å². The number of nitrogens with two attached hydrogens (primary N) is 1. The third-order valence-corrected chi connectivity index (χ3v) is 3.36. The molecule has 4 N–H and O–H groups in total. The highest BCUT2D eigenvalue weighted by molar-refractivity contribution is 5.97. The van der Waals surface area contributed by atoms with Crippen molar-refractivity contribution < 1.29 is 5.21 Å². The molecule has 0 fully saturated rings. The molecule has 0 amide bonds. The summed E-state index contributed by atoms with van der Waals surface area (Å²) in [6.45, 7) is 5.52. The average Bonchev–Trinajstić information content (AvgIpc) is 2.50. The molecule has 1 aromatic heterocycles. The maximum Gasteiger partial charge on any atom is 0.170 e. The first-order chi connectivity index (χ1) is 10.1. The molecule has 5 nitrogen and oxygen atoms in total. The number of aryl methyl sites for hydroxylation is 2. The van der Waals surface area contributed by atoms with Gasteiger partial charge < -0.3 is 16.3 Å². The SMILES string of the molecule is Cc1ccc(CNCc2ccc(/C(N)=N/O)cc2C)cn1. The summed E-state index contributed by atoms with van der Waals surface area (Å²) in [6.07, 6.45) is 1.89. The Bertz CT molecular complexity index is 635. The fourth-order valence-corrected chi connectivity index (χ4v) is 2.06. The standard InChI is InChI=1S/C16H20N4O/c1-11-7-14(16(17)20-21)5-6-15(11)10-18-8-13-4-3-12(2)19-9-13/h3-7,9,18,21H,8,10H2,1-2H3,(H2,17,20). The topological polar surface area (TPSA) is 83.5 Å². The molecule has 0 saturated heterocycles. The Labute approximate surface area is 124 Å². The van der Waals surface area contributed by atoms with E-state index in [2.05, 4.69) is 21.5 Å². The van der Waals surface area contributed by atoms with E-state index >= 15 is 0 Å². The van der Waals surface area contributed by atoms with E-state index in [9.17, 15) is 0 Å². The van der Waals surface area contributed by atoms with E-state index in [1.165, 1.54) is 5.56 Å². The molecule has 1 heterocycles. The Morgan fingerprint density at radius 3 is 2.67 bits per heavy atom. The Morgan fingerprint density at radius 1 is 1.24 bits per heavy atom. The zero-order valence-corrected chi connectivity index (χ0v) is 12.3. The van der Waals surface area contributed by atoms with Gasteiger partial charge in [-0.3, -0.25) is 4.98 Å². The number of nitrogens with one attached hydrogen (secondary N) is 1. The van der Waals surface area contributed by atoms with Crippen molar-refractivity contribution >= 4 is 5.84 Å². The zero-order valence-electron chi connectivity index (χ0n) is 12.3. The highest BCUT2D eigenvalue weighted by Crippen LogP contribution is 2.11. The summed E-state index contributed by atoms with van der Waals surface area (Å²) in [7, 11) is 0. The van der Waals surface area contributed by atoms with Crippen LogP contribution in [0.3, 0.4) is 0 Å². The summed E-state index contributed by atoms with van der Waals surface area (Å²) in [4.78, 5) is 4.27. The van der Waals surface area contributed by atoms with E-state index in [4.69, 9.17) is 10.9 Å². The van der Waals surface area contributed by atoms with Crippen molar-refractivity contribution in [2.45, 2.75) is 26.9 Å². The Kier molecular flexibility index (Phi) is 4.90. The van der Waals surface area contributed by atoms with Crippen LogP contribution in [-0.2, 0) is 13.1 Å². The largest absolute Gasteiger partial charge is 0.409 e. The van der Waals surface area contributed by atoms with Crippen molar-refractivity contribution in [2.75, 3.05) is 0 Å². The van der Waals surface area contributed by atoms with Crippen molar-refractivity contribution in [2.24, 2.45) is 10.9 Å². The molecule has 0 atom stereocenters. The molecule has 110 valence electrons. The van der Waals surface area contributed by atoms with Crippen LogP contribution in [0.5, 0.6) is 0 Å². The summed E-state index contributed by atoms with van der Waals surface area (Å²) in [5, 5.41) is 15.1. The number of hydrogen-bond donors (Lipinski definition) is 3. The smallest absolute Gasteiger partial charge is 0.170 e. The van der Waals surface area contributed by atoms with E-state index in [-0.39, 0.29) is 5.84 Å². The van der Waals surface area contributed by atoms with Crippen molar-refractivity contribution in [3.05, 3.63) is 64.5 Å². The van der Waals surface area contributed by atoms with Gasteiger partial charge in [0, 0.05) is 30.5 Å². The minimum Gasteiger partial charge on any atom is -0.409 e. The van der Waals surface area contributed by atoms with Crippen LogP contribution in [0.15, 0.2) is 41.7 Å². The van der Waals surface area contributed by atoms with Crippen molar-refractivity contribution in [3.8, 4) is 0 Å². The number of hydrogen-bond acceptors (Lipinski definition) is 4. The van der Waals surface area contributed by atoms with Gasteiger partial charge in [-0.05, 0) is 42.7 Å². The second-order valence-electron chi connectivity index (χ2n) is 5.04. The minimum absolute atomic E-state index is 0.128. The number of rotatable bonds is 5. The molecule has 0 radical (unpaired) electrons. The van der Waals surface area contributed by atoms with E-state index < -0.39 is 0 Å². The predicted octanol–water partition coefficient (Wildman–Crippen LogP) is 2.08. The van der Waals surface area contributed by atoms with Crippen molar-refractivity contribution in [1.82, 2.24) is 10.3 Å². The Balaban J connectivity index is 1.96. The fourth-order valence-electron chi connectivity index (χ4n) is 2.06. The van der Waals surface area contributed by atoms with Crippen LogP contribution in [-0.4, -0.2) is 16.0 Å².